The maximum atomic E-state index is 12.4. The number of rotatable bonds is 5. The smallest absolute Gasteiger partial charge is 0.406 e. The normalized spacial score (nSPS) is 11.9. The molecule has 3 aromatic rings. The van der Waals surface area contributed by atoms with E-state index in [9.17, 15) is 18.0 Å². The van der Waals surface area contributed by atoms with E-state index in [0.29, 0.717) is 11.9 Å². The standard InChI is InChI=1S/C18H16F3N3O2/c1-23(11-13-6-8-15(9-7-13)26-18(19,20)21)12-24-17(25)16-5-3-2-4-14(16)10-22-24/h2-10H,11-12H2,1H3. The lowest BCUT2D eigenvalue weighted by Gasteiger charge is -2.18. The lowest BCUT2D eigenvalue weighted by molar-refractivity contribution is -0.274. The summed E-state index contributed by atoms with van der Waals surface area (Å²) in [4.78, 5) is 14.3. The summed E-state index contributed by atoms with van der Waals surface area (Å²) < 4.78 is 41.7. The van der Waals surface area contributed by atoms with Crippen molar-refractivity contribution in [2.24, 2.45) is 0 Å². The van der Waals surface area contributed by atoms with Gasteiger partial charge in [0.1, 0.15) is 5.75 Å². The fourth-order valence-electron chi connectivity index (χ4n) is 2.62. The van der Waals surface area contributed by atoms with Gasteiger partial charge in [0.2, 0.25) is 0 Å². The number of fused-ring (bicyclic) bond motifs is 1. The molecule has 2 aromatic carbocycles. The molecule has 1 heterocycles. The third-order valence-corrected chi connectivity index (χ3v) is 3.75. The van der Waals surface area contributed by atoms with Crippen LogP contribution in [0, 0.1) is 0 Å². The van der Waals surface area contributed by atoms with Crippen molar-refractivity contribution < 1.29 is 17.9 Å². The quantitative estimate of drug-likeness (QED) is 0.697. The van der Waals surface area contributed by atoms with Gasteiger partial charge in [-0.2, -0.15) is 5.10 Å². The zero-order valence-electron chi connectivity index (χ0n) is 13.9. The molecule has 0 amide bonds. The van der Waals surface area contributed by atoms with Gasteiger partial charge in [0.25, 0.3) is 5.56 Å². The van der Waals surface area contributed by atoms with Gasteiger partial charge in [0.15, 0.2) is 0 Å². The largest absolute Gasteiger partial charge is 0.573 e. The maximum absolute atomic E-state index is 12.4. The van der Waals surface area contributed by atoms with E-state index in [1.165, 1.54) is 16.8 Å². The molecule has 0 saturated heterocycles. The first kappa shape index (κ1) is 17.9. The van der Waals surface area contributed by atoms with Crippen molar-refractivity contribution >= 4 is 10.8 Å². The minimum Gasteiger partial charge on any atom is -0.406 e. The van der Waals surface area contributed by atoms with Gasteiger partial charge in [-0.25, -0.2) is 4.68 Å². The monoisotopic (exact) mass is 363 g/mol. The topological polar surface area (TPSA) is 47.4 Å². The van der Waals surface area contributed by atoms with Crippen LogP contribution in [-0.4, -0.2) is 28.1 Å². The summed E-state index contributed by atoms with van der Waals surface area (Å²) in [6.07, 6.45) is -3.07. The van der Waals surface area contributed by atoms with Crippen LogP contribution in [0.2, 0.25) is 0 Å². The van der Waals surface area contributed by atoms with E-state index >= 15 is 0 Å². The molecule has 26 heavy (non-hydrogen) atoms. The molecular formula is C18H16F3N3O2. The third kappa shape index (κ3) is 4.40. The fraction of sp³-hybridized carbons (Fsp3) is 0.222. The van der Waals surface area contributed by atoms with E-state index in [1.807, 2.05) is 17.0 Å². The van der Waals surface area contributed by atoms with E-state index < -0.39 is 6.36 Å². The second-order valence-electron chi connectivity index (χ2n) is 5.88. The SMILES string of the molecule is CN(Cc1ccc(OC(F)(F)F)cc1)Cn1ncc2ccccc2c1=O. The zero-order valence-corrected chi connectivity index (χ0v) is 13.9. The Labute approximate surface area is 147 Å². The van der Waals surface area contributed by atoms with Crippen molar-refractivity contribution in [2.75, 3.05) is 7.05 Å². The Morgan fingerprint density at radius 2 is 1.81 bits per heavy atom. The number of alkyl halides is 3. The molecule has 5 nitrogen and oxygen atoms in total. The zero-order chi connectivity index (χ0) is 18.7. The van der Waals surface area contributed by atoms with Gasteiger partial charge in [-0.3, -0.25) is 9.69 Å². The van der Waals surface area contributed by atoms with Crippen molar-refractivity contribution in [2.45, 2.75) is 19.6 Å². The third-order valence-electron chi connectivity index (χ3n) is 3.75. The van der Waals surface area contributed by atoms with Gasteiger partial charge in [-0.15, -0.1) is 13.2 Å². The lowest BCUT2D eigenvalue weighted by Crippen LogP contribution is -2.31. The minimum absolute atomic E-state index is 0.191. The Hall–Kier alpha value is -2.87. The average molecular weight is 363 g/mol. The molecule has 0 aliphatic rings. The summed E-state index contributed by atoms with van der Waals surface area (Å²) in [7, 11) is 1.80. The van der Waals surface area contributed by atoms with Crippen LogP contribution in [0.3, 0.4) is 0 Å². The van der Waals surface area contributed by atoms with Crippen molar-refractivity contribution in [3.05, 3.63) is 70.6 Å². The average Bonchev–Trinajstić information content (AvgIpc) is 2.58. The summed E-state index contributed by atoms with van der Waals surface area (Å²) >= 11 is 0. The second kappa shape index (κ2) is 7.17. The van der Waals surface area contributed by atoms with E-state index in [0.717, 1.165) is 10.9 Å². The highest BCUT2D eigenvalue weighted by Crippen LogP contribution is 2.23. The summed E-state index contributed by atoms with van der Waals surface area (Å²) in [6, 6.07) is 12.8. The molecule has 0 spiro atoms. The Kier molecular flexibility index (Phi) is 4.94. The van der Waals surface area contributed by atoms with Crippen LogP contribution < -0.4 is 10.3 Å². The number of nitrogens with zero attached hydrogens (tertiary/aromatic N) is 3. The first-order valence-electron chi connectivity index (χ1n) is 7.80. The Bertz CT molecular complexity index is 952. The number of ether oxygens (including phenoxy) is 1. The second-order valence-corrected chi connectivity index (χ2v) is 5.88. The molecule has 1 aromatic heterocycles. The number of hydrogen-bond donors (Lipinski definition) is 0. The Balaban J connectivity index is 1.68. The maximum Gasteiger partial charge on any atom is 0.573 e. The summed E-state index contributed by atoms with van der Waals surface area (Å²) in [6.45, 7) is 0.692. The number of aromatic nitrogens is 2. The molecule has 0 atom stereocenters. The van der Waals surface area contributed by atoms with Gasteiger partial charge in [-0.05, 0) is 30.8 Å². The minimum atomic E-state index is -4.71. The molecule has 136 valence electrons. The molecule has 0 N–H and O–H groups in total. The van der Waals surface area contributed by atoms with Gasteiger partial charge >= 0.3 is 6.36 Å². The molecule has 8 heteroatoms. The highest BCUT2D eigenvalue weighted by atomic mass is 19.4. The van der Waals surface area contributed by atoms with E-state index in [-0.39, 0.29) is 18.0 Å². The van der Waals surface area contributed by atoms with Gasteiger partial charge in [0.05, 0.1) is 18.3 Å². The highest BCUT2D eigenvalue weighted by molar-refractivity contribution is 5.80. The summed E-state index contributed by atoms with van der Waals surface area (Å²) in [5, 5.41) is 5.52. The fourth-order valence-corrected chi connectivity index (χ4v) is 2.62. The molecular weight excluding hydrogens is 347 g/mol. The summed E-state index contributed by atoms with van der Waals surface area (Å²) in [5.41, 5.74) is 0.597. The van der Waals surface area contributed by atoms with Crippen LogP contribution in [0.1, 0.15) is 5.56 Å². The van der Waals surface area contributed by atoms with Crippen LogP contribution >= 0.6 is 0 Å². The first-order chi connectivity index (χ1) is 12.3. The van der Waals surface area contributed by atoms with E-state index in [4.69, 9.17) is 0 Å². The van der Waals surface area contributed by atoms with Crippen molar-refractivity contribution in [1.29, 1.82) is 0 Å². The highest BCUT2D eigenvalue weighted by Gasteiger charge is 2.30. The molecule has 0 saturated carbocycles. The van der Waals surface area contributed by atoms with Crippen LogP contribution in [-0.2, 0) is 13.2 Å². The number of benzene rings is 2. The Morgan fingerprint density at radius 1 is 1.12 bits per heavy atom. The van der Waals surface area contributed by atoms with Crippen LogP contribution in [0.15, 0.2) is 59.5 Å². The van der Waals surface area contributed by atoms with Gasteiger partial charge in [-0.1, -0.05) is 30.3 Å². The van der Waals surface area contributed by atoms with Gasteiger partial charge < -0.3 is 4.74 Å². The van der Waals surface area contributed by atoms with Crippen molar-refractivity contribution in [3.8, 4) is 5.75 Å². The van der Waals surface area contributed by atoms with Crippen LogP contribution in [0.4, 0.5) is 13.2 Å². The number of hydrogen-bond acceptors (Lipinski definition) is 4. The predicted molar refractivity (Wildman–Crippen MR) is 90.6 cm³/mol. The molecule has 0 unspecified atom stereocenters. The van der Waals surface area contributed by atoms with Gasteiger partial charge in [0, 0.05) is 11.9 Å². The van der Waals surface area contributed by atoms with E-state index in [2.05, 4.69) is 9.84 Å². The van der Waals surface area contributed by atoms with E-state index in [1.54, 1.807) is 37.5 Å². The molecule has 0 radical (unpaired) electrons. The van der Waals surface area contributed by atoms with Crippen LogP contribution in [0.25, 0.3) is 10.8 Å². The predicted octanol–water partition coefficient (Wildman–Crippen LogP) is 3.38. The lowest BCUT2D eigenvalue weighted by atomic mass is 10.2. The van der Waals surface area contributed by atoms with Crippen LogP contribution in [0.5, 0.6) is 5.75 Å². The molecule has 0 fully saturated rings. The molecule has 0 aliphatic carbocycles. The van der Waals surface area contributed by atoms with Crippen molar-refractivity contribution in [3.63, 3.8) is 0 Å². The number of halogens is 3. The first-order valence-corrected chi connectivity index (χ1v) is 7.80. The molecule has 0 aliphatic heterocycles. The molecule has 0 bridgehead atoms. The Morgan fingerprint density at radius 3 is 2.50 bits per heavy atom. The molecule has 3 rings (SSSR count). The van der Waals surface area contributed by atoms with Crippen molar-refractivity contribution in [1.82, 2.24) is 14.7 Å². The summed E-state index contributed by atoms with van der Waals surface area (Å²) in [5.74, 6) is -0.267.